The summed E-state index contributed by atoms with van der Waals surface area (Å²) in [5.41, 5.74) is 12.2. The number of aliphatic imine (C=N–C) groups is 1. The summed E-state index contributed by atoms with van der Waals surface area (Å²) < 4.78 is 4.64. The molecule has 0 saturated carbocycles. The Balaban J connectivity index is 2.70. The number of benzene rings is 1. The van der Waals surface area contributed by atoms with Gasteiger partial charge in [0.05, 0.1) is 13.5 Å². The molecule has 0 heterocycles. The number of nitrogens with two attached hydrogens (primary N) is 2. The highest BCUT2D eigenvalue weighted by molar-refractivity contribution is 8.13. The van der Waals surface area contributed by atoms with Crippen LogP contribution >= 0.6 is 11.8 Å². The number of thioether (sulfide) groups is 1. The third-order valence-corrected chi connectivity index (χ3v) is 3.10. The number of esters is 1. The average molecular weight is 280 g/mol. The van der Waals surface area contributed by atoms with Gasteiger partial charge in [0.1, 0.15) is 0 Å². The third-order valence-electron chi connectivity index (χ3n) is 2.28. The van der Waals surface area contributed by atoms with Crippen LogP contribution in [0.4, 0.5) is 0 Å². The van der Waals surface area contributed by atoms with Gasteiger partial charge in [-0.05, 0) is 11.1 Å². The zero-order valence-corrected chi connectivity index (χ0v) is 11.4. The predicted octanol–water partition coefficient (Wildman–Crippen LogP) is 0.843. The molecule has 0 aromatic heterocycles. The number of nitrogens with one attached hydrogen (secondary N) is 1. The Bertz CT molecular complexity index is 498. The largest absolute Gasteiger partial charge is 0.469 e. The fourth-order valence-electron chi connectivity index (χ4n) is 1.39. The number of rotatable bonds is 4. The number of hydrogen-bond acceptors (Lipinski definition) is 4. The molecule has 102 valence electrons. The maximum Gasteiger partial charge on any atom is 0.309 e. The summed E-state index contributed by atoms with van der Waals surface area (Å²) in [6.45, 7) is 0. The zero-order chi connectivity index (χ0) is 14.3. The molecule has 0 aliphatic carbocycles. The molecule has 0 atom stereocenters. The maximum atomic E-state index is 11.3. The molecule has 0 bridgehead atoms. The number of carbonyl (C=O) groups is 1. The number of nitrogens with zero attached hydrogens (tertiary/aromatic N) is 1. The van der Waals surface area contributed by atoms with E-state index in [0.29, 0.717) is 5.75 Å². The lowest BCUT2D eigenvalue weighted by Gasteiger charge is -2.07. The predicted molar refractivity (Wildman–Crippen MR) is 77.0 cm³/mol. The topological polar surface area (TPSA) is 115 Å². The highest BCUT2D eigenvalue weighted by atomic mass is 32.2. The monoisotopic (exact) mass is 280 g/mol. The summed E-state index contributed by atoms with van der Waals surface area (Å²) in [6, 6.07) is 7.49. The van der Waals surface area contributed by atoms with Crippen LogP contribution < -0.4 is 11.5 Å². The van der Waals surface area contributed by atoms with Crippen LogP contribution in [0.5, 0.6) is 0 Å². The molecule has 0 aliphatic heterocycles. The molecule has 7 heteroatoms. The quantitative estimate of drug-likeness (QED) is 0.429. The van der Waals surface area contributed by atoms with Crippen molar-refractivity contribution in [2.75, 3.05) is 7.11 Å². The minimum absolute atomic E-state index is 0.0351. The van der Waals surface area contributed by atoms with E-state index >= 15 is 0 Å². The summed E-state index contributed by atoms with van der Waals surface area (Å²) in [5, 5.41) is 7.58. The lowest BCUT2D eigenvalue weighted by atomic mass is 10.1. The van der Waals surface area contributed by atoms with Gasteiger partial charge in [-0.1, -0.05) is 36.0 Å². The molecule has 0 aliphatic rings. The molecular formula is C12H16N4O2S. The van der Waals surface area contributed by atoms with Gasteiger partial charge in [0.25, 0.3) is 0 Å². The minimum atomic E-state index is -0.295. The van der Waals surface area contributed by atoms with E-state index in [0.717, 1.165) is 11.1 Å². The fourth-order valence-corrected chi connectivity index (χ4v) is 2.14. The smallest absolute Gasteiger partial charge is 0.309 e. The minimum Gasteiger partial charge on any atom is -0.469 e. The van der Waals surface area contributed by atoms with Crippen LogP contribution in [0.1, 0.15) is 11.1 Å². The number of carbonyl (C=O) groups excluding carboxylic acids is 1. The van der Waals surface area contributed by atoms with Gasteiger partial charge in [-0.15, -0.1) is 0 Å². The lowest BCUT2D eigenvalue weighted by molar-refractivity contribution is -0.139. The van der Waals surface area contributed by atoms with Gasteiger partial charge in [-0.2, -0.15) is 4.99 Å². The Labute approximate surface area is 115 Å². The lowest BCUT2D eigenvalue weighted by Crippen LogP contribution is -2.23. The van der Waals surface area contributed by atoms with Crippen LogP contribution in [0.25, 0.3) is 0 Å². The molecule has 0 amide bonds. The molecule has 6 nitrogen and oxygen atoms in total. The summed E-state index contributed by atoms with van der Waals surface area (Å²) in [4.78, 5) is 14.9. The molecular weight excluding hydrogens is 264 g/mol. The zero-order valence-electron chi connectivity index (χ0n) is 10.6. The molecule has 1 aromatic rings. The van der Waals surface area contributed by atoms with Gasteiger partial charge in [0, 0.05) is 5.75 Å². The van der Waals surface area contributed by atoms with Crippen molar-refractivity contribution in [1.82, 2.24) is 0 Å². The SMILES string of the molecule is COC(=O)Cc1ccccc1CSC(=N)N=C(N)N. The first kappa shape index (κ1) is 15.0. The van der Waals surface area contributed by atoms with E-state index in [2.05, 4.69) is 9.73 Å². The van der Waals surface area contributed by atoms with E-state index in [1.165, 1.54) is 18.9 Å². The highest BCUT2D eigenvalue weighted by Gasteiger charge is 2.08. The highest BCUT2D eigenvalue weighted by Crippen LogP contribution is 2.18. The molecule has 0 fully saturated rings. The molecule has 0 radical (unpaired) electrons. The Morgan fingerprint density at radius 3 is 2.58 bits per heavy atom. The van der Waals surface area contributed by atoms with Gasteiger partial charge in [-0.3, -0.25) is 10.2 Å². The van der Waals surface area contributed by atoms with Gasteiger partial charge in [0.15, 0.2) is 11.1 Å². The first-order valence-corrected chi connectivity index (χ1v) is 6.46. The van der Waals surface area contributed by atoms with Crippen molar-refractivity contribution in [2.24, 2.45) is 16.5 Å². The van der Waals surface area contributed by atoms with Crippen LogP contribution in [0.15, 0.2) is 29.3 Å². The standard InChI is InChI=1S/C12H16N4O2S/c1-18-10(17)6-8-4-2-3-5-9(8)7-19-12(15)16-11(13)14/h2-5H,6-7H2,1H3,(H5,13,14,15,16). The normalized spacial score (nSPS) is 9.74. The fraction of sp³-hybridized carbons (Fsp3) is 0.250. The number of guanidine groups is 1. The van der Waals surface area contributed by atoms with Crippen LogP contribution in [-0.4, -0.2) is 24.2 Å². The molecule has 0 spiro atoms. The van der Waals surface area contributed by atoms with Crippen LogP contribution in [0.2, 0.25) is 0 Å². The van der Waals surface area contributed by atoms with Crippen molar-refractivity contribution < 1.29 is 9.53 Å². The van der Waals surface area contributed by atoms with E-state index < -0.39 is 0 Å². The van der Waals surface area contributed by atoms with Crippen LogP contribution in [0, 0.1) is 5.41 Å². The van der Waals surface area contributed by atoms with Gasteiger partial charge in [0.2, 0.25) is 0 Å². The van der Waals surface area contributed by atoms with E-state index in [1.54, 1.807) is 0 Å². The summed E-state index contributed by atoms with van der Waals surface area (Å²) in [5.74, 6) is 0.0834. The molecule has 0 saturated heterocycles. The third kappa shape index (κ3) is 5.43. The maximum absolute atomic E-state index is 11.3. The Kier molecular flexibility index (Phi) is 5.87. The van der Waals surface area contributed by atoms with E-state index in [-0.39, 0.29) is 23.5 Å². The molecule has 5 N–H and O–H groups in total. The van der Waals surface area contributed by atoms with Crippen molar-refractivity contribution in [3.05, 3.63) is 35.4 Å². The van der Waals surface area contributed by atoms with Gasteiger partial charge < -0.3 is 16.2 Å². The molecule has 1 rings (SSSR count). The van der Waals surface area contributed by atoms with Crippen LogP contribution in [0.3, 0.4) is 0 Å². The van der Waals surface area contributed by atoms with Crippen LogP contribution in [-0.2, 0) is 21.7 Å². The van der Waals surface area contributed by atoms with E-state index in [9.17, 15) is 4.79 Å². The summed E-state index contributed by atoms with van der Waals surface area (Å²) in [6.07, 6.45) is 0.211. The molecule has 1 aromatic carbocycles. The second-order valence-electron chi connectivity index (χ2n) is 3.65. The second-order valence-corrected chi connectivity index (χ2v) is 4.62. The Hall–Kier alpha value is -2.02. The van der Waals surface area contributed by atoms with Crippen molar-refractivity contribution in [3.63, 3.8) is 0 Å². The van der Waals surface area contributed by atoms with Crippen molar-refractivity contribution in [3.8, 4) is 0 Å². The number of amidine groups is 1. The Morgan fingerprint density at radius 2 is 2.00 bits per heavy atom. The van der Waals surface area contributed by atoms with Crippen molar-refractivity contribution in [2.45, 2.75) is 12.2 Å². The first-order chi connectivity index (χ1) is 9.02. The summed E-state index contributed by atoms with van der Waals surface area (Å²) >= 11 is 1.19. The molecule has 19 heavy (non-hydrogen) atoms. The van der Waals surface area contributed by atoms with E-state index in [1.807, 2.05) is 24.3 Å². The average Bonchev–Trinajstić information content (AvgIpc) is 2.36. The van der Waals surface area contributed by atoms with Gasteiger partial charge in [-0.25, -0.2) is 0 Å². The molecule has 0 unspecified atom stereocenters. The second kappa shape index (κ2) is 7.42. The number of hydrogen-bond donors (Lipinski definition) is 3. The number of ether oxygens (including phenoxy) is 1. The first-order valence-electron chi connectivity index (χ1n) is 5.47. The number of methoxy groups -OCH3 is 1. The van der Waals surface area contributed by atoms with E-state index in [4.69, 9.17) is 16.9 Å². The van der Waals surface area contributed by atoms with Crippen molar-refractivity contribution >= 4 is 28.9 Å². The summed E-state index contributed by atoms with van der Waals surface area (Å²) in [7, 11) is 1.36. The van der Waals surface area contributed by atoms with Gasteiger partial charge >= 0.3 is 5.97 Å². The Morgan fingerprint density at radius 1 is 1.37 bits per heavy atom. The van der Waals surface area contributed by atoms with Crippen molar-refractivity contribution in [1.29, 1.82) is 5.41 Å².